The smallest absolute Gasteiger partial charge is 0.434 e. The van der Waals surface area contributed by atoms with Crippen LogP contribution in [0.25, 0.3) is 0 Å². The van der Waals surface area contributed by atoms with Gasteiger partial charge in [0, 0.05) is 7.11 Å². The lowest BCUT2D eigenvalue weighted by atomic mass is 9.90. The molecule has 1 fully saturated rings. The minimum absolute atomic E-state index is 0.264. The Morgan fingerprint density at radius 2 is 1.87 bits per heavy atom. The first-order chi connectivity index (χ1) is 7.33. The van der Waals surface area contributed by atoms with E-state index in [0.29, 0.717) is 19.1 Å². The van der Waals surface area contributed by atoms with Crippen LogP contribution in [0, 0.1) is 5.92 Å². The lowest BCUT2D eigenvalue weighted by Gasteiger charge is -2.20. The van der Waals surface area contributed by atoms with Crippen LogP contribution >= 0.6 is 0 Å². The molecule has 0 aliphatic heterocycles. The molecule has 0 N–H and O–H groups in total. The van der Waals surface area contributed by atoms with Crippen LogP contribution in [0.3, 0.4) is 0 Å². The maximum Gasteiger partial charge on any atom is 0.508 e. The van der Waals surface area contributed by atoms with Crippen LogP contribution in [0.15, 0.2) is 0 Å². The Morgan fingerprint density at radius 1 is 1.13 bits per heavy atom. The van der Waals surface area contributed by atoms with Gasteiger partial charge in [0.25, 0.3) is 0 Å². The molecule has 0 aromatic heterocycles. The van der Waals surface area contributed by atoms with Crippen molar-refractivity contribution in [1.82, 2.24) is 0 Å². The third kappa shape index (κ3) is 5.62. The third-order valence-electron chi connectivity index (χ3n) is 2.67. The van der Waals surface area contributed by atoms with Gasteiger partial charge in [-0.05, 0) is 18.8 Å². The molecule has 1 rings (SSSR count). The summed E-state index contributed by atoms with van der Waals surface area (Å²) in [4.78, 5) is 11.1. The molecule has 0 unspecified atom stereocenters. The van der Waals surface area contributed by atoms with Gasteiger partial charge in [-0.3, -0.25) is 0 Å². The van der Waals surface area contributed by atoms with Crippen LogP contribution < -0.4 is 0 Å². The zero-order chi connectivity index (χ0) is 10.9. The van der Waals surface area contributed by atoms with Crippen molar-refractivity contribution in [1.29, 1.82) is 0 Å². The fourth-order valence-corrected chi connectivity index (χ4v) is 1.79. The maximum absolute atomic E-state index is 11.1. The van der Waals surface area contributed by atoms with E-state index in [9.17, 15) is 4.79 Å². The van der Waals surface area contributed by atoms with Crippen molar-refractivity contribution in [3.8, 4) is 0 Å². The van der Waals surface area contributed by atoms with Gasteiger partial charge in [-0.1, -0.05) is 19.3 Å². The van der Waals surface area contributed by atoms with E-state index in [2.05, 4.69) is 0 Å². The number of carbonyl (C=O) groups is 1. The van der Waals surface area contributed by atoms with Crippen molar-refractivity contribution in [3.05, 3.63) is 0 Å². The molecule has 0 spiro atoms. The normalized spacial score (nSPS) is 17.4. The van der Waals surface area contributed by atoms with Crippen LogP contribution in [0.4, 0.5) is 4.79 Å². The zero-order valence-corrected chi connectivity index (χ0v) is 9.37. The molecule has 1 aliphatic carbocycles. The van der Waals surface area contributed by atoms with Gasteiger partial charge in [0.1, 0.15) is 6.61 Å². The van der Waals surface area contributed by atoms with E-state index in [4.69, 9.17) is 14.2 Å². The molecule has 4 heteroatoms. The third-order valence-corrected chi connectivity index (χ3v) is 2.67. The summed E-state index contributed by atoms with van der Waals surface area (Å²) in [6.45, 7) is 1.18. The fourth-order valence-electron chi connectivity index (χ4n) is 1.79. The summed E-state index contributed by atoms with van der Waals surface area (Å²) in [6, 6.07) is 0. The van der Waals surface area contributed by atoms with E-state index in [0.717, 1.165) is 0 Å². The van der Waals surface area contributed by atoms with Crippen molar-refractivity contribution in [2.75, 3.05) is 26.9 Å². The van der Waals surface area contributed by atoms with Gasteiger partial charge in [-0.15, -0.1) is 0 Å². The van der Waals surface area contributed by atoms with Crippen LogP contribution in [0.2, 0.25) is 0 Å². The van der Waals surface area contributed by atoms with E-state index in [-0.39, 0.29) is 6.61 Å². The highest BCUT2D eigenvalue weighted by Gasteiger charge is 2.15. The molecule has 0 aromatic rings. The van der Waals surface area contributed by atoms with E-state index in [1.54, 1.807) is 7.11 Å². The van der Waals surface area contributed by atoms with Gasteiger partial charge in [0.15, 0.2) is 0 Å². The van der Waals surface area contributed by atoms with Gasteiger partial charge in [0.2, 0.25) is 0 Å². The Kier molecular flexibility index (Phi) is 6.16. The van der Waals surface area contributed by atoms with Crippen molar-refractivity contribution < 1.29 is 19.0 Å². The molecule has 0 saturated heterocycles. The van der Waals surface area contributed by atoms with Gasteiger partial charge in [-0.2, -0.15) is 0 Å². The van der Waals surface area contributed by atoms with E-state index < -0.39 is 6.16 Å². The minimum atomic E-state index is -0.572. The second kappa shape index (κ2) is 7.51. The molecule has 0 bridgehead atoms. The molecule has 0 atom stereocenters. The molecule has 1 saturated carbocycles. The number of hydrogen-bond acceptors (Lipinski definition) is 4. The summed E-state index contributed by atoms with van der Waals surface area (Å²) in [5, 5.41) is 0. The molecule has 15 heavy (non-hydrogen) atoms. The fraction of sp³-hybridized carbons (Fsp3) is 0.909. The molecule has 0 heterocycles. The standard InChI is InChI=1S/C11H20O4/c1-13-7-8-14-11(12)15-9-10-5-3-2-4-6-10/h10H,2-9H2,1H3. The molecule has 0 aromatic carbocycles. The molecule has 0 amide bonds. The quantitative estimate of drug-likeness (QED) is 0.522. The summed E-state index contributed by atoms with van der Waals surface area (Å²) >= 11 is 0. The minimum Gasteiger partial charge on any atom is -0.434 e. The van der Waals surface area contributed by atoms with Gasteiger partial charge in [0.05, 0.1) is 13.2 Å². The zero-order valence-electron chi connectivity index (χ0n) is 9.37. The molecular formula is C11H20O4. The Balaban J connectivity index is 2.00. The van der Waals surface area contributed by atoms with Gasteiger partial charge >= 0.3 is 6.16 Å². The SMILES string of the molecule is COCCOC(=O)OCC1CCCCC1. The average molecular weight is 216 g/mol. The number of methoxy groups -OCH3 is 1. The van der Waals surface area contributed by atoms with Gasteiger partial charge < -0.3 is 14.2 Å². The lowest BCUT2D eigenvalue weighted by molar-refractivity contribution is 0.0250. The van der Waals surface area contributed by atoms with Gasteiger partial charge in [-0.25, -0.2) is 4.79 Å². The molecule has 4 nitrogen and oxygen atoms in total. The predicted molar refractivity (Wildman–Crippen MR) is 55.8 cm³/mol. The van der Waals surface area contributed by atoms with Crippen LogP contribution in [-0.2, 0) is 14.2 Å². The first-order valence-electron chi connectivity index (χ1n) is 5.61. The second-order valence-corrected chi connectivity index (χ2v) is 3.91. The summed E-state index contributed by atoms with van der Waals surface area (Å²) in [5.74, 6) is 0.536. The topological polar surface area (TPSA) is 44.8 Å². The first-order valence-corrected chi connectivity index (χ1v) is 5.61. The van der Waals surface area contributed by atoms with E-state index in [1.807, 2.05) is 0 Å². The molecule has 1 aliphatic rings. The number of hydrogen-bond donors (Lipinski definition) is 0. The van der Waals surface area contributed by atoms with Crippen molar-refractivity contribution in [2.45, 2.75) is 32.1 Å². The monoisotopic (exact) mass is 216 g/mol. The van der Waals surface area contributed by atoms with Crippen molar-refractivity contribution >= 4 is 6.16 Å². The highest BCUT2D eigenvalue weighted by molar-refractivity contribution is 5.59. The van der Waals surface area contributed by atoms with Crippen LogP contribution in [-0.4, -0.2) is 33.1 Å². The number of rotatable bonds is 5. The van der Waals surface area contributed by atoms with Crippen LogP contribution in [0.5, 0.6) is 0 Å². The lowest BCUT2D eigenvalue weighted by Crippen LogP contribution is -2.18. The summed E-state index contributed by atoms with van der Waals surface area (Å²) < 4.78 is 14.6. The van der Waals surface area contributed by atoms with Crippen molar-refractivity contribution in [2.24, 2.45) is 5.92 Å². The Morgan fingerprint density at radius 3 is 2.53 bits per heavy atom. The highest BCUT2D eigenvalue weighted by Crippen LogP contribution is 2.23. The summed E-state index contributed by atoms with van der Waals surface area (Å²) in [5.41, 5.74) is 0. The Hall–Kier alpha value is -0.770. The summed E-state index contributed by atoms with van der Waals surface area (Å²) in [7, 11) is 1.57. The molecular weight excluding hydrogens is 196 g/mol. The average Bonchev–Trinajstić information content (AvgIpc) is 2.28. The first kappa shape index (κ1) is 12.3. The van der Waals surface area contributed by atoms with E-state index >= 15 is 0 Å². The summed E-state index contributed by atoms with van der Waals surface area (Å²) in [6.07, 6.45) is 5.60. The maximum atomic E-state index is 11.1. The predicted octanol–water partition coefficient (Wildman–Crippen LogP) is 2.37. The van der Waals surface area contributed by atoms with E-state index in [1.165, 1.54) is 32.1 Å². The Labute approximate surface area is 90.9 Å². The largest absolute Gasteiger partial charge is 0.508 e. The number of ether oxygens (including phenoxy) is 3. The Bertz CT molecular complexity index is 175. The highest BCUT2D eigenvalue weighted by atomic mass is 16.7. The van der Waals surface area contributed by atoms with Crippen LogP contribution in [0.1, 0.15) is 32.1 Å². The second-order valence-electron chi connectivity index (χ2n) is 3.91. The number of carbonyl (C=O) groups excluding carboxylic acids is 1. The van der Waals surface area contributed by atoms with Crippen molar-refractivity contribution in [3.63, 3.8) is 0 Å². The molecule has 88 valence electrons. The molecule has 0 radical (unpaired) electrons.